The molecule has 0 radical (unpaired) electrons. The van der Waals surface area contributed by atoms with E-state index in [2.05, 4.69) is 156 Å². The predicted octanol–water partition coefficient (Wildman–Crippen LogP) is 14.8. The highest BCUT2D eigenvalue weighted by Crippen LogP contribution is 2.51. The molecule has 0 fully saturated rings. The second kappa shape index (κ2) is 15.2. The first-order valence-electron chi connectivity index (χ1n) is 18.8. The Balaban J connectivity index is 1.53. The van der Waals surface area contributed by atoms with Gasteiger partial charge in [0.05, 0.1) is 0 Å². The van der Waals surface area contributed by atoms with Gasteiger partial charge in [-0.15, -0.1) is 0 Å². The number of benzene rings is 6. The number of rotatable bonds is 9. The second-order valence-corrected chi connectivity index (χ2v) is 19.5. The summed E-state index contributed by atoms with van der Waals surface area (Å²) in [5.41, 5.74) is 5.97. The minimum atomic E-state index is -0.271. The maximum Gasteiger partial charge on any atom is 0.275 e. The first-order chi connectivity index (χ1) is 25.3. The van der Waals surface area contributed by atoms with Crippen molar-refractivity contribution in [2.24, 2.45) is 0 Å². The molecule has 0 amide bonds. The van der Waals surface area contributed by atoms with Crippen molar-refractivity contribution < 1.29 is 18.1 Å². The van der Waals surface area contributed by atoms with Crippen molar-refractivity contribution in [2.75, 3.05) is 0 Å². The third-order valence-electron chi connectivity index (χ3n) is 9.91. The molecule has 6 heteroatoms. The summed E-state index contributed by atoms with van der Waals surface area (Å²) in [6, 6.07) is 38.1. The van der Waals surface area contributed by atoms with Gasteiger partial charge in [-0.3, -0.25) is 0 Å². The van der Waals surface area contributed by atoms with E-state index in [-0.39, 0.29) is 39.7 Å². The molecule has 6 rings (SSSR count). The van der Waals surface area contributed by atoms with Crippen molar-refractivity contribution in [3.05, 3.63) is 131 Å². The van der Waals surface area contributed by atoms with Gasteiger partial charge in [0.2, 0.25) is 0 Å². The highest BCUT2D eigenvalue weighted by molar-refractivity contribution is 7.27. The van der Waals surface area contributed by atoms with Crippen LogP contribution in [0.4, 0.5) is 0 Å². The maximum absolute atomic E-state index is 6.92. The van der Waals surface area contributed by atoms with E-state index in [1.54, 1.807) is 0 Å². The van der Waals surface area contributed by atoms with Crippen LogP contribution in [-0.2, 0) is 21.7 Å². The van der Waals surface area contributed by atoms with Gasteiger partial charge in [-0.2, -0.15) is 0 Å². The van der Waals surface area contributed by atoms with Crippen LogP contribution < -0.4 is 18.1 Å². The van der Waals surface area contributed by atoms with Crippen LogP contribution in [0.15, 0.2) is 109 Å². The average Bonchev–Trinajstić information content (AvgIpc) is 3.10. The average molecular weight is 759 g/mol. The third kappa shape index (κ3) is 8.72. The van der Waals surface area contributed by atoms with Crippen LogP contribution in [0.2, 0.25) is 0 Å². The summed E-state index contributed by atoms with van der Waals surface area (Å²) in [6.07, 6.45) is 0. The van der Waals surface area contributed by atoms with Crippen LogP contribution in [0.25, 0.3) is 32.7 Å². The summed E-state index contributed by atoms with van der Waals surface area (Å²) < 4.78 is 26.8. The number of hydrogen-bond donors (Lipinski definition) is 0. The summed E-state index contributed by atoms with van der Waals surface area (Å²) in [7, 11) is -0.542. The first kappa shape index (κ1) is 39.6. The SMILES string of the molecule is CC(C)(C)c1cc(-c2cc(C(C)(C)C)cc(C(C)(C)C)c2OPOc2cccc3ccccc23)c(OPOc2cccc3ccccc23)c(C(C)(C)C)c1. The molecule has 0 bridgehead atoms. The molecule has 6 aromatic rings. The van der Waals surface area contributed by atoms with Crippen molar-refractivity contribution in [3.63, 3.8) is 0 Å². The van der Waals surface area contributed by atoms with E-state index < -0.39 is 0 Å². The summed E-state index contributed by atoms with van der Waals surface area (Å²) in [5.74, 6) is 3.22. The molecule has 0 aliphatic carbocycles. The Bertz CT molecular complexity index is 2110. The Morgan fingerprint density at radius 3 is 1.07 bits per heavy atom. The molecule has 0 saturated heterocycles. The van der Waals surface area contributed by atoms with Crippen LogP contribution in [0.3, 0.4) is 0 Å². The van der Waals surface area contributed by atoms with Crippen LogP contribution in [0.5, 0.6) is 23.0 Å². The monoisotopic (exact) mass is 758 g/mol. The fourth-order valence-corrected chi connectivity index (χ4v) is 7.87. The Morgan fingerprint density at radius 2 is 0.722 bits per heavy atom. The molecule has 282 valence electrons. The molecule has 0 heterocycles. The van der Waals surface area contributed by atoms with Gasteiger partial charge in [-0.25, -0.2) is 0 Å². The van der Waals surface area contributed by atoms with E-state index in [4.69, 9.17) is 18.1 Å². The van der Waals surface area contributed by atoms with Crippen LogP contribution in [0.1, 0.15) is 105 Å². The van der Waals surface area contributed by atoms with E-state index in [9.17, 15) is 0 Å². The normalized spacial score (nSPS) is 13.0. The fourth-order valence-electron chi connectivity index (χ4n) is 6.64. The van der Waals surface area contributed by atoms with E-state index in [0.29, 0.717) is 0 Å². The number of hydrogen-bond acceptors (Lipinski definition) is 4. The molecule has 0 aliphatic heterocycles. The topological polar surface area (TPSA) is 36.9 Å². The largest absolute Gasteiger partial charge is 0.440 e. The molecular weight excluding hydrogens is 702 g/mol. The zero-order valence-corrected chi connectivity index (χ0v) is 36.0. The lowest BCUT2D eigenvalue weighted by molar-refractivity contribution is 0.487. The van der Waals surface area contributed by atoms with Crippen molar-refractivity contribution in [2.45, 2.75) is 105 Å². The van der Waals surface area contributed by atoms with Crippen molar-refractivity contribution in [1.82, 2.24) is 0 Å². The van der Waals surface area contributed by atoms with Gasteiger partial charge in [-0.1, -0.05) is 168 Å². The number of fused-ring (bicyclic) bond motifs is 2. The molecule has 0 N–H and O–H groups in total. The van der Waals surface area contributed by atoms with Crippen molar-refractivity contribution in [1.29, 1.82) is 0 Å². The Kier molecular flexibility index (Phi) is 11.1. The van der Waals surface area contributed by atoms with Crippen LogP contribution in [0, 0.1) is 0 Å². The zero-order chi connectivity index (χ0) is 39.1. The van der Waals surface area contributed by atoms with Crippen molar-refractivity contribution >= 4 is 39.6 Å². The Hall–Kier alpha value is -4.10. The van der Waals surface area contributed by atoms with Gasteiger partial charge >= 0.3 is 0 Å². The maximum atomic E-state index is 6.92. The smallest absolute Gasteiger partial charge is 0.275 e. The van der Waals surface area contributed by atoms with Gasteiger partial charge in [0.15, 0.2) is 0 Å². The highest BCUT2D eigenvalue weighted by atomic mass is 31.1. The zero-order valence-electron chi connectivity index (χ0n) is 34.0. The van der Waals surface area contributed by atoms with Gasteiger partial charge in [0.25, 0.3) is 18.1 Å². The van der Waals surface area contributed by atoms with E-state index in [0.717, 1.165) is 66.8 Å². The van der Waals surface area contributed by atoms with Crippen LogP contribution in [-0.4, -0.2) is 0 Å². The predicted molar refractivity (Wildman–Crippen MR) is 234 cm³/mol. The molecule has 0 saturated carbocycles. The van der Waals surface area contributed by atoms with Crippen molar-refractivity contribution in [3.8, 4) is 34.1 Å². The summed E-state index contributed by atoms with van der Waals surface area (Å²) in [6.45, 7) is 27.1. The highest BCUT2D eigenvalue weighted by Gasteiger charge is 2.32. The third-order valence-corrected chi connectivity index (χ3v) is 11.1. The lowest BCUT2D eigenvalue weighted by Gasteiger charge is -2.32. The van der Waals surface area contributed by atoms with E-state index in [1.165, 1.54) is 11.1 Å². The van der Waals surface area contributed by atoms with E-state index in [1.807, 2.05) is 36.4 Å². The molecule has 2 unspecified atom stereocenters. The molecule has 4 nitrogen and oxygen atoms in total. The molecular formula is C48H56O4P2. The lowest BCUT2D eigenvalue weighted by Crippen LogP contribution is -2.19. The first-order valence-corrected chi connectivity index (χ1v) is 20.5. The minimum Gasteiger partial charge on any atom is -0.440 e. The molecule has 54 heavy (non-hydrogen) atoms. The summed E-state index contributed by atoms with van der Waals surface area (Å²) >= 11 is 0. The summed E-state index contributed by atoms with van der Waals surface area (Å²) in [4.78, 5) is 0. The Morgan fingerprint density at radius 1 is 0.370 bits per heavy atom. The van der Waals surface area contributed by atoms with Crippen LogP contribution >= 0.6 is 18.1 Å². The molecule has 0 spiro atoms. The Labute approximate surface area is 326 Å². The van der Waals surface area contributed by atoms with Gasteiger partial charge in [-0.05, 0) is 67.8 Å². The standard InChI is InChI=1S/C48H56O4P2/c1-45(2,3)33-27-37(43(39(29-33)47(7,8)9)51-53-49-41-25-17-21-31-19-13-15-23-35(31)41)38-28-34(46(4,5)6)30-40(48(10,11)12)44(38)52-54-50-42-26-18-22-32-20-14-16-24-36(32)42/h13-30,53-54H,1-12H3. The summed E-state index contributed by atoms with van der Waals surface area (Å²) in [5, 5.41) is 4.39. The molecule has 0 aliphatic rings. The molecule has 2 atom stereocenters. The van der Waals surface area contributed by atoms with Gasteiger partial charge in [0, 0.05) is 33.0 Å². The molecule has 0 aromatic heterocycles. The lowest BCUT2D eigenvalue weighted by atomic mass is 9.75. The fraction of sp³-hybridized carbons (Fsp3) is 0.333. The molecule has 6 aromatic carbocycles. The van der Waals surface area contributed by atoms with Gasteiger partial charge in [0.1, 0.15) is 23.0 Å². The second-order valence-electron chi connectivity index (χ2n) is 18.3. The quantitative estimate of drug-likeness (QED) is 0.138. The van der Waals surface area contributed by atoms with Gasteiger partial charge < -0.3 is 18.1 Å². The minimum absolute atomic E-state index is 0.121. The van der Waals surface area contributed by atoms with E-state index >= 15 is 0 Å².